The van der Waals surface area contributed by atoms with E-state index in [1.54, 1.807) is 4.68 Å². The number of nitrogens with zero attached hydrogens (tertiary/aromatic N) is 3. The fraction of sp³-hybridized carbons (Fsp3) is 0.160. The van der Waals surface area contributed by atoms with Gasteiger partial charge in [0.05, 0.1) is 16.9 Å². The first-order valence-electron chi connectivity index (χ1n) is 10.2. The van der Waals surface area contributed by atoms with Gasteiger partial charge in [-0.15, -0.1) is 5.10 Å². The van der Waals surface area contributed by atoms with Crippen LogP contribution in [0.25, 0.3) is 33.8 Å². The quantitative estimate of drug-likeness (QED) is 0.411. The molecule has 5 rings (SSSR count). The number of unbranched alkanes of at least 4 members (excludes halogenated alkanes) is 1. The second-order valence-corrected chi connectivity index (χ2v) is 7.42. The summed E-state index contributed by atoms with van der Waals surface area (Å²) in [6, 6.07) is 21.8. The van der Waals surface area contributed by atoms with Gasteiger partial charge < -0.3 is 4.74 Å². The van der Waals surface area contributed by atoms with Crippen LogP contribution in [0, 0.1) is 0 Å². The minimum atomic E-state index is -0.361. The molecule has 5 heteroatoms. The number of ether oxygens (including phenoxy) is 1. The van der Waals surface area contributed by atoms with Gasteiger partial charge in [0.15, 0.2) is 0 Å². The summed E-state index contributed by atoms with van der Waals surface area (Å²) in [6.45, 7) is 2.12. The van der Waals surface area contributed by atoms with E-state index < -0.39 is 0 Å². The first kappa shape index (κ1) is 18.3. The Balaban J connectivity index is 1.77. The van der Waals surface area contributed by atoms with Crippen molar-refractivity contribution in [2.24, 2.45) is 0 Å². The van der Waals surface area contributed by atoms with Gasteiger partial charge in [0.2, 0.25) is 0 Å². The number of hydrogen-bond donors (Lipinski definition) is 0. The SMILES string of the molecule is CCCC/C1=C/c2c(-c3ccccc3)nnn2-c2cc3ccccc3cc2C(=O)O1. The molecule has 4 aromatic rings. The smallest absolute Gasteiger partial charge is 0.345 e. The van der Waals surface area contributed by atoms with Crippen molar-refractivity contribution in [3.8, 4) is 16.9 Å². The highest BCUT2D eigenvalue weighted by Crippen LogP contribution is 2.32. The van der Waals surface area contributed by atoms with Crippen molar-refractivity contribution in [3.05, 3.63) is 83.7 Å². The zero-order chi connectivity index (χ0) is 20.5. The Morgan fingerprint density at radius 1 is 0.967 bits per heavy atom. The second-order valence-electron chi connectivity index (χ2n) is 7.42. The zero-order valence-electron chi connectivity index (χ0n) is 16.7. The van der Waals surface area contributed by atoms with Crippen LogP contribution in [0.3, 0.4) is 0 Å². The Hall–Kier alpha value is -3.73. The fourth-order valence-corrected chi connectivity index (χ4v) is 3.80. The summed E-state index contributed by atoms with van der Waals surface area (Å²) >= 11 is 0. The molecule has 0 N–H and O–H groups in total. The van der Waals surface area contributed by atoms with E-state index in [4.69, 9.17) is 4.74 Å². The van der Waals surface area contributed by atoms with Crippen LogP contribution in [-0.2, 0) is 4.74 Å². The minimum Gasteiger partial charge on any atom is -0.427 e. The number of esters is 1. The number of fused-ring (bicyclic) bond motifs is 4. The number of benzene rings is 3. The first-order valence-corrected chi connectivity index (χ1v) is 10.2. The molecule has 1 aliphatic rings. The Bertz CT molecular complexity index is 1270. The van der Waals surface area contributed by atoms with Crippen LogP contribution in [0.2, 0.25) is 0 Å². The van der Waals surface area contributed by atoms with Gasteiger partial charge in [-0.2, -0.15) is 0 Å². The predicted molar refractivity (Wildman–Crippen MR) is 117 cm³/mol. The van der Waals surface area contributed by atoms with E-state index in [2.05, 4.69) is 17.2 Å². The lowest BCUT2D eigenvalue weighted by Crippen LogP contribution is -2.14. The van der Waals surface area contributed by atoms with E-state index in [9.17, 15) is 4.79 Å². The average Bonchev–Trinajstić information content (AvgIpc) is 3.19. The van der Waals surface area contributed by atoms with Crippen LogP contribution in [0.5, 0.6) is 0 Å². The minimum absolute atomic E-state index is 0.361. The molecule has 2 heterocycles. The average molecular weight is 395 g/mol. The van der Waals surface area contributed by atoms with Crippen LogP contribution in [0.4, 0.5) is 0 Å². The number of hydrogen-bond acceptors (Lipinski definition) is 4. The summed E-state index contributed by atoms with van der Waals surface area (Å²) in [5, 5.41) is 10.9. The van der Waals surface area contributed by atoms with Crippen molar-refractivity contribution in [2.75, 3.05) is 0 Å². The topological polar surface area (TPSA) is 57.0 Å². The number of aromatic nitrogens is 3. The van der Waals surface area contributed by atoms with Gasteiger partial charge in [-0.25, -0.2) is 9.48 Å². The van der Waals surface area contributed by atoms with E-state index in [1.807, 2.05) is 72.8 Å². The molecule has 5 nitrogen and oxygen atoms in total. The highest BCUT2D eigenvalue weighted by Gasteiger charge is 2.25. The number of rotatable bonds is 4. The maximum atomic E-state index is 13.0. The van der Waals surface area contributed by atoms with E-state index in [1.165, 1.54) is 0 Å². The van der Waals surface area contributed by atoms with Crippen molar-refractivity contribution in [1.29, 1.82) is 0 Å². The summed E-state index contributed by atoms with van der Waals surface area (Å²) in [5.41, 5.74) is 3.72. The molecule has 0 spiro atoms. The summed E-state index contributed by atoms with van der Waals surface area (Å²) < 4.78 is 7.60. The molecule has 1 aromatic heterocycles. The summed E-state index contributed by atoms with van der Waals surface area (Å²) in [6.07, 6.45) is 4.55. The van der Waals surface area contributed by atoms with Crippen LogP contribution in [0.1, 0.15) is 42.2 Å². The molecule has 0 bridgehead atoms. The molecule has 0 unspecified atom stereocenters. The lowest BCUT2D eigenvalue weighted by atomic mass is 10.0. The van der Waals surface area contributed by atoms with Crippen molar-refractivity contribution < 1.29 is 9.53 Å². The highest BCUT2D eigenvalue weighted by atomic mass is 16.5. The highest BCUT2D eigenvalue weighted by molar-refractivity contribution is 6.01. The van der Waals surface area contributed by atoms with Gasteiger partial charge in [0.1, 0.15) is 11.5 Å². The number of allylic oxidation sites excluding steroid dienone is 1. The number of cyclic esters (lactones) is 1. The molecule has 3 aromatic carbocycles. The van der Waals surface area contributed by atoms with E-state index in [0.717, 1.165) is 40.6 Å². The summed E-state index contributed by atoms with van der Waals surface area (Å²) in [5.74, 6) is 0.280. The lowest BCUT2D eigenvalue weighted by molar-refractivity contribution is 0.0615. The van der Waals surface area contributed by atoms with Crippen LogP contribution >= 0.6 is 0 Å². The van der Waals surface area contributed by atoms with Crippen molar-refractivity contribution in [3.63, 3.8) is 0 Å². The number of carbonyl (C=O) groups excluding carboxylic acids is 1. The van der Waals surface area contributed by atoms with Gasteiger partial charge in [0.25, 0.3) is 0 Å². The van der Waals surface area contributed by atoms with E-state index >= 15 is 0 Å². The van der Waals surface area contributed by atoms with Crippen LogP contribution in [-0.4, -0.2) is 21.0 Å². The molecule has 30 heavy (non-hydrogen) atoms. The van der Waals surface area contributed by atoms with Gasteiger partial charge in [-0.1, -0.05) is 73.2 Å². The van der Waals surface area contributed by atoms with Crippen LogP contribution in [0.15, 0.2) is 72.5 Å². The standard InChI is InChI=1S/C25H21N3O2/c1-2-3-13-20-16-23-24(17-9-5-4-6-10-17)26-27-28(23)22-15-19-12-8-7-11-18(19)14-21(22)25(29)30-20/h4-12,14-16H,2-3,13H2,1H3/b20-16-. The molecule has 0 fully saturated rings. The molecule has 0 amide bonds. The van der Waals surface area contributed by atoms with Gasteiger partial charge in [-0.3, -0.25) is 0 Å². The third kappa shape index (κ3) is 3.18. The molecule has 0 radical (unpaired) electrons. The largest absolute Gasteiger partial charge is 0.427 e. The Kier molecular flexibility index (Phi) is 4.64. The summed E-state index contributed by atoms with van der Waals surface area (Å²) in [4.78, 5) is 13.0. The fourth-order valence-electron chi connectivity index (χ4n) is 3.80. The van der Waals surface area contributed by atoms with Crippen LogP contribution < -0.4 is 0 Å². The Morgan fingerprint density at radius 3 is 2.47 bits per heavy atom. The number of carbonyl (C=O) groups is 1. The molecule has 0 saturated carbocycles. The molecule has 0 aliphatic carbocycles. The molecular weight excluding hydrogens is 374 g/mol. The third-order valence-electron chi connectivity index (χ3n) is 5.36. The molecule has 148 valence electrons. The molecule has 1 aliphatic heterocycles. The van der Waals surface area contributed by atoms with Crippen molar-refractivity contribution >= 4 is 22.8 Å². The normalized spacial score (nSPS) is 14.8. The van der Waals surface area contributed by atoms with Gasteiger partial charge in [-0.05, 0) is 29.3 Å². The zero-order valence-corrected chi connectivity index (χ0v) is 16.7. The Morgan fingerprint density at radius 2 is 1.70 bits per heavy atom. The lowest BCUT2D eigenvalue weighted by Gasteiger charge is -2.17. The van der Waals surface area contributed by atoms with Gasteiger partial charge in [0, 0.05) is 18.1 Å². The molecular formula is C25H21N3O2. The maximum absolute atomic E-state index is 13.0. The molecule has 0 atom stereocenters. The maximum Gasteiger partial charge on any atom is 0.345 e. The van der Waals surface area contributed by atoms with Gasteiger partial charge >= 0.3 is 5.97 Å². The van der Waals surface area contributed by atoms with E-state index in [-0.39, 0.29) is 5.97 Å². The third-order valence-corrected chi connectivity index (χ3v) is 5.36. The predicted octanol–water partition coefficient (Wildman–Crippen LogP) is 5.79. The second kappa shape index (κ2) is 7.59. The monoisotopic (exact) mass is 395 g/mol. The van der Waals surface area contributed by atoms with E-state index in [0.29, 0.717) is 23.4 Å². The van der Waals surface area contributed by atoms with Crippen molar-refractivity contribution in [2.45, 2.75) is 26.2 Å². The summed E-state index contributed by atoms with van der Waals surface area (Å²) in [7, 11) is 0. The Labute approximate surface area is 174 Å². The molecule has 0 saturated heterocycles. The first-order chi connectivity index (χ1) is 14.7. The van der Waals surface area contributed by atoms with Crippen molar-refractivity contribution in [1.82, 2.24) is 15.0 Å².